The van der Waals surface area contributed by atoms with E-state index < -0.39 is 5.41 Å². The summed E-state index contributed by atoms with van der Waals surface area (Å²) in [6.45, 7) is 2.05. The Kier molecular flexibility index (Phi) is 4.57. The number of hydrogen-bond donors (Lipinski definition) is 0. The third-order valence-corrected chi connectivity index (χ3v) is 5.78. The molecule has 2 aliphatic carbocycles. The van der Waals surface area contributed by atoms with E-state index in [2.05, 4.69) is 25.1 Å². The Bertz CT molecular complexity index is 664. The van der Waals surface area contributed by atoms with Crippen molar-refractivity contribution in [2.24, 2.45) is 17.3 Å². The van der Waals surface area contributed by atoms with E-state index in [1.54, 1.807) is 14.2 Å². The van der Waals surface area contributed by atoms with E-state index in [0.29, 0.717) is 5.92 Å². The summed E-state index contributed by atoms with van der Waals surface area (Å²) in [7, 11) is 4.80. The van der Waals surface area contributed by atoms with E-state index in [1.807, 2.05) is 6.07 Å². The average Bonchev–Trinajstić information content (AvgIpc) is 2.79. The Hall–Kier alpha value is -1.97. The van der Waals surface area contributed by atoms with Crippen molar-refractivity contribution in [3.05, 3.63) is 29.3 Å². The minimum Gasteiger partial charge on any atom is -0.493 e. The molecule has 0 heterocycles. The van der Waals surface area contributed by atoms with Crippen LogP contribution in [0.3, 0.4) is 0 Å². The summed E-state index contributed by atoms with van der Waals surface area (Å²) in [4.78, 5) is 12.4. The van der Waals surface area contributed by atoms with Crippen molar-refractivity contribution in [1.29, 1.82) is 0 Å². The number of fused-ring (bicyclic) bond motifs is 2. The molecular weight excluding hydrogens is 304 g/mol. The van der Waals surface area contributed by atoms with Crippen LogP contribution in [0.5, 0.6) is 11.5 Å². The molecule has 24 heavy (non-hydrogen) atoms. The molecule has 0 aromatic heterocycles. The van der Waals surface area contributed by atoms with Gasteiger partial charge in [-0.1, -0.05) is 18.6 Å². The summed E-state index contributed by atoms with van der Waals surface area (Å²) in [6, 6.07) is 4.10. The van der Waals surface area contributed by atoms with Crippen LogP contribution in [0.4, 0.5) is 0 Å². The van der Waals surface area contributed by atoms with Gasteiger partial charge in [0.15, 0.2) is 11.5 Å². The van der Waals surface area contributed by atoms with E-state index in [1.165, 1.54) is 12.7 Å². The van der Waals surface area contributed by atoms with E-state index in [0.717, 1.165) is 42.7 Å². The quantitative estimate of drug-likeness (QED) is 0.789. The molecule has 4 heteroatoms. The second kappa shape index (κ2) is 6.50. The van der Waals surface area contributed by atoms with Crippen LogP contribution in [0.1, 0.15) is 37.3 Å². The largest absolute Gasteiger partial charge is 0.493 e. The SMILES string of the molecule is COC(=O)C1(C)CCCC2Cc3cc(OC)c(OC)cc3C=CC21. The van der Waals surface area contributed by atoms with Crippen LogP contribution >= 0.6 is 0 Å². The Balaban J connectivity index is 2.01. The molecule has 0 N–H and O–H groups in total. The highest BCUT2D eigenvalue weighted by molar-refractivity contribution is 5.78. The molecule has 0 saturated heterocycles. The minimum absolute atomic E-state index is 0.0945. The first-order valence-electron chi connectivity index (χ1n) is 8.55. The van der Waals surface area contributed by atoms with Crippen molar-refractivity contribution < 1.29 is 19.0 Å². The second-order valence-electron chi connectivity index (χ2n) is 7.06. The maximum atomic E-state index is 12.4. The minimum atomic E-state index is -0.440. The van der Waals surface area contributed by atoms with Gasteiger partial charge in [0, 0.05) is 0 Å². The fourth-order valence-electron chi connectivity index (χ4n) is 4.43. The van der Waals surface area contributed by atoms with E-state index in [9.17, 15) is 4.79 Å². The first kappa shape index (κ1) is 16.9. The van der Waals surface area contributed by atoms with E-state index >= 15 is 0 Å². The molecule has 1 aromatic rings. The Labute approximate surface area is 143 Å². The van der Waals surface area contributed by atoms with Crippen LogP contribution in [0.15, 0.2) is 18.2 Å². The van der Waals surface area contributed by atoms with Gasteiger partial charge in [-0.2, -0.15) is 0 Å². The number of esters is 1. The molecule has 1 aromatic carbocycles. The number of ether oxygens (including phenoxy) is 3. The molecule has 3 atom stereocenters. The third kappa shape index (κ3) is 2.68. The lowest BCUT2D eigenvalue weighted by atomic mass is 9.61. The summed E-state index contributed by atoms with van der Waals surface area (Å²) in [5.41, 5.74) is 1.96. The zero-order chi connectivity index (χ0) is 17.3. The molecule has 0 bridgehead atoms. The second-order valence-corrected chi connectivity index (χ2v) is 7.06. The van der Waals surface area contributed by atoms with Gasteiger partial charge >= 0.3 is 5.97 Å². The van der Waals surface area contributed by atoms with Gasteiger partial charge in [-0.3, -0.25) is 4.79 Å². The van der Waals surface area contributed by atoms with Gasteiger partial charge in [-0.25, -0.2) is 0 Å². The highest BCUT2D eigenvalue weighted by Crippen LogP contribution is 2.49. The summed E-state index contributed by atoms with van der Waals surface area (Å²) >= 11 is 0. The molecule has 3 rings (SSSR count). The van der Waals surface area contributed by atoms with Gasteiger partial charge in [0.1, 0.15) is 0 Å². The zero-order valence-corrected chi connectivity index (χ0v) is 14.9. The highest BCUT2D eigenvalue weighted by atomic mass is 16.5. The topological polar surface area (TPSA) is 44.8 Å². The normalized spacial score (nSPS) is 28.3. The molecule has 0 spiro atoms. The Morgan fingerprint density at radius 1 is 1.17 bits per heavy atom. The Morgan fingerprint density at radius 3 is 2.54 bits per heavy atom. The van der Waals surface area contributed by atoms with Crippen molar-refractivity contribution in [3.8, 4) is 11.5 Å². The van der Waals surface area contributed by atoms with Crippen LogP contribution < -0.4 is 9.47 Å². The molecule has 2 aliphatic rings. The summed E-state index contributed by atoms with van der Waals surface area (Å²) in [5.74, 6) is 2.04. The maximum Gasteiger partial charge on any atom is 0.312 e. The van der Waals surface area contributed by atoms with Gasteiger partial charge < -0.3 is 14.2 Å². The van der Waals surface area contributed by atoms with Crippen LogP contribution in [0.2, 0.25) is 0 Å². The van der Waals surface area contributed by atoms with Crippen LogP contribution in [0.25, 0.3) is 6.08 Å². The van der Waals surface area contributed by atoms with Gasteiger partial charge in [-0.15, -0.1) is 0 Å². The molecule has 0 amide bonds. The van der Waals surface area contributed by atoms with Gasteiger partial charge in [-0.05, 0) is 61.3 Å². The third-order valence-electron chi connectivity index (χ3n) is 5.78. The summed E-state index contributed by atoms with van der Waals surface area (Å²) in [6.07, 6.45) is 8.36. The van der Waals surface area contributed by atoms with Gasteiger partial charge in [0.25, 0.3) is 0 Å². The summed E-state index contributed by atoms with van der Waals surface area (Å²) in [5, 5.41) is 0. The lowest BCUT2D eigenvalue weighted by Gasteiger charge is -2.42. The number of methoxy groups -OCH3 is 3. The molecule has 3 unspecified atom stereocenters. The predicted octanol–water partition coefficient (Wildman–Crippen LogP) is 3.87. The molecule has 0 aliphatic heterocycles. The standard InChI is InChI=1S/C20H26O4/c1-20(19(21)24-4)9-5-6-14-10-15-12-18(23-3)17(22-2)11-13(15)7-8-16(14)20/h7-8,11-12,14,16H,5-6,9-10H2,1-4H3. The fourth-order valence-corrected chi connectivity index (χ4v) is 4.43. The van der Waals surface area contributed by atoms with E-state index in [4.69, 9.17) is 14.2 Å². The first-order chi connectivity index (χ1) is 11.5. The average molecular weight is 330 g/mol. The lowest BCUT2D eigenvalue weighted by Crippen LogP contribution is -2.43. The number of carbonyl (C=O) groups is 1. The monoisotopic (exact) mass is 330 g/mol. The molecule has 4 nitrogen and oxygen atoms in total. The summed E-state index contributed by atoms with van der Waals surface area (Å²) < 4.78 is 16.0. The van der Waals surface area contributed by atoms with Crippen molar-refractivity contribution in [2.75, 3.05) is 21.3 Å². The van der Waals surface area contributed by atoms with Crippen molar-refractivity contribution >= 4 is 12.0 Å². The molecule has 0 radical (unpaired) electrons. The number of allylic oxidation sites excluding steroid dienone is 1. The number of hydrogen-bond acceptors (Lipinski definition) is 4. The smallest absolute Gasteiger partial charge is 0.312 e. The molecular formula is C20H26O4. The number of rotatable bonds is 3. The van der Waals surface area contributed by atoms with Crippen LogP contribution in [0, 0.1) is 17.3 Å². The molecule has 130 valence electrons. The zero-order valence-electron chi connectivity index (χ0n) is 14.9. The maximum absolute atomic E-state index is 12.4. The van der Waals surface area contributed by atoms with Gasteiger partial charge in [0.2, 0.25) is 0 Å². The highest BCUT2D eigenvalue weighted by Gasteiger charge is 2.47. The van der Waals surface area contributed by atoms with Crippen molar-refractivity contribution in [1.82, 2.24) is 0 Å². The fraction of sp³-hybridized carbons (Fsp3) is 0.550. The van der Waals surface area contributed by atoms with Crippen LogP contribution in [-0.4, -0.2) is 27.3 Å². The van der Waals surface area contributed by atoms with Crippen molar-refractivity contribution in [3.63, 3.8) is 0 Å². The molecule has 1 saturated carbocycles. The van der Waals surface area contributed by atoms with E-state index in [-0.39, 0.29) is 11.9 Å². The number of carbonyl (C=O) groups excluding carboxylic acids is 1. The predicted molar refractivity (Wildman–Crippen MR) is 93.2 cm³/mol. The van der Waals surface area contributed by atoms with Crippen molar-refractivity contribution in [2.45, 2.75) is 32.6 Å². The first-order valence-corrected chi connectivity index (χ1v) is 8.55. The lowest BCUT2D eigenvalue weighted by molar-refractivity contribution is -0.157. The van der Waals surface area contributed by atoms with Crippen LogP contribution in [-0.2, 0) is 16.0 Å². The molecule has 1 fully saturated rings. The van der Waals surface area contributed by atoms with Gasteiger partial charge in [0.05, 0.1) is 26.7 Å². The number of benzene rings is 1. The Morgan fingerprint density at radius 2 is 1.88 bits per heavy atom.